The maximum absolute atomic E-state index is 13.0. The van der Waals surface area contributed by atoms with Gasteiger partial charge in [-0.1, -0.05) is 0 Å². The van der Waals surface area contributed by atoms with Crippen LogP contribution in [0.2, 0.25) is 0 Å². The zero-order valence-electron chi connectivity index (χ0n) is 15.0. The van der Waals surface area contributed by atoms with E-state index < -0.39 is 36.3 Å². The Labute approximate surface area is 159 Å². The predicted octanol–water partition coefficient (Wildman–Crippen LogP) is 1.85. The van der Waals surface area contributed by atoms with E-state index in [1.54, 1.807) is 0 Å². The number of esters is 1. The van der Waals surface area contributed by atoms with Gasteiger partial charge in [-0.05, 0) is 31.0 Å². The summed E-state index contributed by atoms with van der Waals surface area (Å²) < 4.78 is 43.8. The summed E-state index contributed by atoms with van der Waals surface area (Å²) in [5.41, 5.74) is 4.45. The first-order valence-corrected chi connectivity index (χ1v) is 8.62. The Kier molecular flexibility index (Phi) is 7.07. The molecule has 0 atom stereocenters. The minimum atomic E-state index is -4.55. The number of nitrogens with one attached hydrogen (secondary N) is 2. The van der Waals surface area contributed by atoms with Crippen LogP contribution in [0.4, 0.5) is 29.3 Å². The highest BCUT2D eigenvalue weighted by atomic mass is 19.4. The van der Waals surface area contributed by atoms with E-state index in [9.17, 15) is 27.6 Å². The van der Waals surface area contributed by atoms with E-state index in [0.29, 0.717) is 18.8 Å². The van der Waals surface area contributed by atoms with Gasteiger partial charge in [-0.25, -0.2) is 4.79 Å². The van der Waals surface area contributed by atoms with Gasteiger partial charge in [0.1, 0.15) is 0 Å². The fourth-order valence-corrected chi connectivity index (χ4v) is 2.74. The average Bonchev–Trinajstić information content (AvgIpc) is 3.13. The van der Waals surface area contributed by atoms with Crippen LogP contribution in [-0.4, -0.2) is 44.1 Å². The van der Waals surface area contributed by atoms with Crippen molar-refractivity contribution in [2.45, 2.75) is 25.4 Å². The van der Waals surface area contributed by atoms with Crippen LogP contribution in [0, 0.1) is 0 Å². The van der Waals surface area contributed by atoms with Gasteiger partial charge in [0.2, 0.25) is 0 Å². The third kappa shape index (κ3) is 6.32. The van der Waals surface area contributed by atoms with Gasteiger partial charge in [0.15, 0.2) is 6.61 Å². The van der Waals surface area contributed by atoms with E-state index >= 15 is 0 Å². The fraction of sp³-hybridized carbons (Fsp3) is 0.471. The standard InChI is InChI=1S/C17H21F3N4O4/c18-17(19,20)11-3-4-13(24-7-1-2-8-24)12(9-11)23-14(25)10-28-15(26)5-6-22-16(21)27/h3-4,9H,1-2,5-8,10H2,(H,23,25)(H3,21,22,27). The van der Waals surface area contributed by atoms with Gasteiger partial charge in [-0.3, -0.25) is 9.59 Å². The summed E-state index contributed by atoms with van der Waals surface area (Å²) in [6.45, 7) is 0.639. The molecule has 1 fully saturated rings. The lowest BCUT2D eigenvalue weighted by Gasteiger charge is -2.23. The minimum Gasteiger partial charge on any atom is -0.456 e. The molecule has 1 aromatic carbocycles. The van der Waals surface area contributed by atoms with Crippen LogP contribution in [0.5, 0.6) is 0 Å². The number of rotatable bonds is 7. The quantitative estimate of drug-likeness (QED) is 0.603. The number of carbonyl (C=O) groups is 3. The number of hydrogen-bond donors (Lipinski definition) is 3. The summed E-state index contributed by atoms with van der Waals surface area (Å²) in [5.74, 6) is -1.52. The molecule has 28 heavy (non-hydrogen) atoms. The third-order valence-corrected chi connectivity index (χ3v) is 4.04. The van der Waals surface area contributed by atoms with Crippen LogP contribution in [0.15, 0.2) is 18.2 Å². The summed E-state index contributed by atoms with van der Waals surface area (Å²) in [4.78, 5) is 35.9. The van der Waals surface area contributed by atoms with Crippen LogP contribution in [0.25, 0.3) is 0 Å². The maximum atomic E-state index is 13.0. The highest BCUT2D eigenvalue weighted by Crippen LogP contribution is 2.36. The van der Waals surface area contributed by atoms with Gasteiger partial charge < -0.3 is 26.0 Å². The Morgan fingerprint density at radius 2 is 1.86 bits per heavy atom. The van der Waals surface area contributed by atoms with Gasteiger partial charge in [0.05, 0.1) is 23.4 Å². The molecule has 3 amide bonds. The number of nitrogens with zero attached hydrogens (tertiary/aromatic N) is 1. The van der Waals surface area contributed by atoms with E-state index in [4.69, 9.17) is 10.5 Å². The zero-order valence-corrected chi connectivity index (χ0v) is 15.0. The molecule has 2 rings (SSSR count). The largest absolute Gasteiger partial charge is 0.456 e. The van der Waals surface area contributed by atoms with Crippen LogP contribution >= 0.6 is 0 Å². The van der Waals surface area contributed by atoms with Gasteiger partial charge >= 0.3 is 18.2 Å². The second-order valence-corrected chi connectivity index (χ2v) is 6.17. The molecule has 0 saturated carbocycles. The summed E-state index contributed by atoms with van der Waals surface area (Å²) in [6.07, 6.45) is -2.93. The monoisotopic (exact) mass is 402 g/mol. The van der Waals surface area contributed by atoms with E-state index in [0.717, 1.165) is 25.0 Å². The number of amides is 3. The van der Waals surface area contributed by atoms with Crippen molar-refractivity contribution < 1.29 is 32.3 Å². The Morgan fingerprint density at radius 1 is 1.18 bits per heavy atom. The molecule has 154 valence electrons. The first kappa shape index (κ1) is 21.3. The van der Waals surface area contributed by atoms with Crippen molar-refractivity contribution in [3.05, 3.63) is 23.8 Å². The number of benzene rings is 1. The maximum Gasteiger partial charge on any atom is 0.416 e. The molecule has 0 radical (unpaired) electrons. The number of nitrogens with two attached hydrogens (primary N) is 1. The molecule has 4 N–H and O–H groups in total. The highest BCUT2D eigenvalue weighted by molar-refractivity contribution is 5.96. The molecule has 11 heteroatoms. The molecular formula is C17H21F3N4O4. The number of anilines is 2. The molecule has 1 aliphatic rings. The lowest BCUT2D eigenvalue weighted by atomic mass is 10.1. The summed E-state index contributed by atoms with van der Waals surface area (Å²) in [5, 5.41) is 4.57. The Hall–Kier alpha value is -2.98. The van der Waals surface area contributed by atoms with Gasteiger partial charge in [-0.2, -0.15) is 13.2 Å². The molecule has 1 aliphatic heterocycles. The number of hydrogen-bond acceptors (Lipinski definition) is 5. The molecular weight excluding hydrogens is 381 g/mol. The number of ether oxygens (including phenoxy) is 1. The normalized spacial score (nSPS) is 13.9. The highest BCUT2D eigenvalue weighted by Gasteiger charge is 2.32. The second kappa shape index (κ2) is 9.29. The Morgan fingerprint density at radius 3 is 2.46 bits per heavy atom. The topological polar surface area (TPSA) is 114 Å². The molecule has 1 saturated heterocycles. The molecule has 1 heterocycles. The third-order valence-electron chi connectivity index (χ3n) is 4.04. The smallest absolute Gasteiger partial charge is 0.416 e. The van der Waals surface area contributed by atoms with E-state index in [1.165, 1.54) is 6.07 Å². The lowest BCUT2D eigenvalue weighted by molar-refractivity contribution is -0.147. The minimum absolute atomic E-state index is 0.00756. The number of carbonyl (C=O) groups excluding carboxylic acids is 3. The molecule has 0 spiro atoms. The summed E-state index contributed by atoms with van der Waals surface area (Å²) >= 11 is 0. The number of alkyl halides is 3. The summed E-state index contributed by atoms with van der Waals surface area (Å²) in [6, 6.07) is 2.36. The average molecular weight is 402 g/mol. The van der Waals surface area contributed by atoms with E-state index in [-0.39, 0.29) is 18.7 Å². The first-order chi connectivity index (χ1) is 13.2. The Bertz CT molecular complexity index is 734. The van der Waals surface area contributed by atoms with Crippen molar-refractivity contribution in [3.63, 3.8) is 0 Å². The molecule has 0 bridgehead atoms. The van der Waals surface area contributed by atoms with Crippen LogP contribution in [-0.2, 0) is 20.5 Å². The molecule has 8 nitrogen and oxygen atoms in total. The predicted molar refractivity (Wildman–Crippen MR) is 94.7 cm³/mol. The number of halogens is 3. The van der Waals surface area contributed by atoms with Crippen molar-refractivity contribution >= 4 is 29.3 Å². The SMILES string of the molecule is NC(=O)NCCC(=O)OCC(=O)Nc1cc(C(F)(F)F)ccc1N1CCCC1. The first-order valence-electron chi connectivity index (χ1n) is 8.62. The van der Waals surface area contributed by atoms with Crippen molar-refractivity contribution in [2.24, 2.45) is 5.73 Å². The van der Waals surface area contributed by atoms with Crippen LogP contribution in [0.1, 0.15) is 24.8 Å². The van der Waals surface area contributed by atoms with Crippen molar-refractivity contribution in [3.8, 4) is 0 Å². The van der Waals surface area contributed by atoms with Gasteiger partial charge in [0.25, 0.3) is 5.91 Å². The van der Waals surface area contributed by atoms with E-state index in [1.807, 2.05) is 4.90 Å². The van der Waals surface area contributed by atoms with Crippen LogP contribution in [0.3, 0.4) is 0 Å². The van der Waals surface area contributed by atoms with Crippen molar-refractivity contribution in [1.29, 1.82) is 0 Å². The van der Waals surface area contributed by atoms with Gasteiger partial charge in [-0.15, -0.1) is 0 Å². The van der Waals surface area contributed by atoms with Crippen molar-refractivity contribution in [1.82, 2.24) is 5.32 Å². The Balaban J connectivity index is 2.01. The zero-order chi connectivity index (χ0) is 20.7. The second-order valence-electron chi connectivity index (χ2n) is 6.17. The molecule has 0 unspecified atom stereocenters. The van der Waals surface area contributed by atoms with Gasteiger partial charge in [0, 0.05) is 19.6 Å². The fourth-order valence-electron chi connectivity index (χ4n) is 2.74. The number of primary amides is 1. The van der Waals surface area contributed by atoms with E-state index in [2.05, 4.69) is 10.6 Å². The van der Waals surface area contributed by atoms with Crippen molar-refractivity contribution in [2.75, 3.05) is 36.5 Å². The molecule has 0 aliphatic carbocycles. The molecule has 0 aromatic heterocycles. The molecule has 1 aromatic rings. The van der Waals surface area contributed by atoms with Crippen LogP contribution < -0.4 is 21.3 Å². The number of urea groups is 1. The summed E-state index contributed by atoms with van der Waals surface area (Å²) in [7, 11) is 0. The lowest BCUT2D eigenvalue weighted by Crippen LogP contribution is -2.31.